The SMILES string of the molecule is CC1(C)c2cc([B]O)ccc2-c2cc3c(-c4ccc5ccccc5c4)c4ccccc4c(-c4ccc5ccccc5c4)c3cc21. The van der Waals surface area contributed by atoms with Gasteiger partial charge in [-0.3, -0.25) is 0 Å². The Morgan fingerprint density at radius 1 is 0.444 bits per heavy atom. The fraction of sp³-hybridized carbons (Fsp3) is 0.0698. The highest BCUT2D eigenvalue weighted by atomic mass is 16.2. The van der Waals surface area contributed by atoms with Crippen molar-refractivity contribution in [2.24, 2.45) is 0 Å². The minimum Gasteiger partial charge on any atom is -0.450 e. The summed E-state index contributed by atoms with van der Waals surface area (Å²) in [4.78, 5) is 0. The zero-order valence-electron chi connectivity index (χ0n) is 25.3. The Morgan fingerprint density at radius 3 is 1.53 bits per heavy atom. The third kappa shape index (κ3) is 3.86. The molecule has 1 radical (unpaired) electrons. The molecule has 0 saturated heterocycles. The van der Waals surface area contributed by atoms with Gasteiger partial charge in [-0.15, -0.1) is 0 Å². The van der Waals surface area contributed by atoms with Gasteiger partial charge in [-0.05, 0) is 112 Å². The van der Waals surface area contributed by atoms with E-state index in [0.717, 1.165) is 5.46 Å². The van der Waals surface area contributed by atoms with Gasteiger partial charge < -0.3 is 5.02 Å². The summed E-state index contributed by atoms with van der Waals surface area (Å²) in [6.45, 7) is 4.62. The molecule has 45 heavy (non-hydrogen) atoms. The molecule has 0 bridgehead atoms. The second-order valence-corrected chi connectivity index (χ2v) is 12.9. The van der Waals surface area contributed by atoms with Gasteiger partial charge in [0.05, 0.1) is 0 Å². The van der Waals surface area contributed by atoms with E-state index in [-0.39, 0.29) is 5.41 Å². The molecule has 1 aliphatic rings. The molecule has 0 fully saturated rings. The molecule has 211 valence electrons. The molecular formula is C43H30BO. The Morgan fingerprint density at radius 2 is 0.956 bits per heavy atom. The van der Waals surface area contributed by atoms with Crippen molar-refractivity contribution in [1.82, 2.24) is 0 Å². The van der Waals surface area contributed by atoms with Gasteiger partial charge in [0.2, 0.25) is 0 Å². The standard InChI is InChI=1S/C43H30BO/c1-43(2)39-23-32(44-45)19-20-33(39)36-24-37-38(25-40(36)43)42(31-18-16-27-10-4-6-12-29(27)22-31)35-14-8-7-13-34(35)41(37)30-17-15-26-9-3-5-11-28(26)21-30/h3-25,45H,1-2H3. The molecule has 1 N–H and O–H groups in total. The molecule has 0 amide bonds. The second-order valence-electron chi connectivity index (χ2n) is 12.9. The first-order valence-corrected chi connectivity index (χ1v) is 15.6. The first-order chi connectivity index (χ1) is 22.0. The summed E-state index contributed by atoms with van der Waals surface area (Å²) < 4.78 is 0. The van der Waals surface area contributed by atoms with Gasteiger partial charge in [0.1, 0.15) is 0 Å². The highest BCUT2D eigenvalue weighted by molar-refractivity contribution is 6.45. The topological polar surface area (TPSA) is 20.2 Å². The third-order valence-electron chi connectivity index (χ3n) is 10.1. The van der Waals surface area contributed by atoms with E-state index in [4.69, 9.17) is 0 Å². The summed E-state index contributed by atoms with van der Waals surface area (Å²) in [7, 11) is 1.21. The van der Waals surface area contributed by atoms with Crippen molar-refractivity contribution in [3.8, 4) is 33.4 Å². The lowest BCUT2D eigenvalue weighted by atomic mass is 9.77. The Hall–Kier alpha value is -5.18. The predicted octanol–water partition coefficient (Wildman–Crippen LogP) is 10.2. The van der Waals surface area contributed by atoms with E-state index in [9.17, 15) is 5.02 Å². The van der Waals surface area contributed by atoms with Crippen molar-refractivity contribution in [3.05, 3.63) is 151 Å². The molecule has 9 rings (SSSR count). The third-order valence-corrected chi connectivity index (χ3v) is 10.1. The second kappa shape index (κ2) is 9.66. The Kier molecular flexibility index (Phi) is 5.64. The fourth-order valence-electron chi connectivity index (χ4n) is 7.81. The minimum absolute atomic E-state index is 0.215. The molecule has 0 unspecified atom stereocenters. The highest BCUT2D eigenvalue weighted by Crippen LogP contribution is 2.53. The van der Waals surface area contributed by atoms with Crippen molar-refractivity contribution in [2.75, 3.05) is 0 Å². The smallest absolute Gasteiger partial charge is 0.326 e. The van der Waals surface area contributed by atoms with Gasteiger partial charge >= 0.3 is 7.48 Å². The average molecular weight is 574 g/mol. The maximum absolute atomic E-state index is 9.87. The number of hydrogen-bond acceptors (Lipinski definition) is 1. The summed E-state index contributed by atoms with van der Waals surface area (Å²) in [5.74, 6) is 0. The van der Waals surface area contributed by atoms with E-state index < -0.39 is 0 Å². The molecular weight excluding hydrogens is 543 g/mol. The highest BCUT2D eigenvalue weighted by Gasteiger charge is 2.36. The zero-order chi connectivity index (χ0) is 30.3. The molecule has 1 aliphatic carbocycles. The van der Waals surface area contributed by atoms with Crippen LogP contribution in [0.3, 0.4) is 0 Å². The summed E-state index contributed by atoms with van der Waals surface area (Å²) in [6.07, 6.45) is 0. The Balaban J connectivity index is 1.45. The number of rotatable bonds is 3. The lowest BCUT2D eigenvalue weighted by Gasteiger charge is -2.24. The largest absolute Gasteiger partial charge is 0.450 e. The van der Waals surface area contributed by atoms with Crippen LogP contribution < -0.4 is 5.46 Å². The number of fused-ring (bicyclic) bond motifs is 7. The lowest BCUT2D eigenvalue weighted by molar-refractivity contribution is 0.615. The maximum atomic E-state index is 9.87. The van der Waals surface area contributed by atoms with Crippen LogP contribution in [0.4, 0.5) is 0 Å². The predicted molar refractivity (Wildman–Crippen MR) is 193 cm³/mol. The van der Waals surface area contributed by atoms with Crippen molar-refractivity contribution >= 4 is 56.0 Å². The minimum atomic E-state index is -0.215. The van der Waals surface area contributed by atoms with Crippen LogP contribution in [0.1, 0.15) is 25.0 Å². The van der Waals surface area contributed by atoms with E-state index >= 15 is 0 Å². The van der Waals surface area contributed by atoms with Crippen LogP contribution in [-0.2, 0) is 5.41 Å². The monoisotopic (exact) mass is 573 g/mol. The van der Waals surface area contributed by atoms with Gasteiger partial charge in [0.25, 0.3) is 0 Å². The van der Waals surface area contributed by atoms with Crippen molar-refractivity contribution < 1.29 is 5.02 Å². The van der Waals surface area contributed by atoms with Crippen LogP contribution in [0.15, 0.2) is 140 Å². The van der Waals surface area contributed by atoms with Crippen LogP contribution in [0.5, 0.6) is 0 Å². The van der Waals surface area contributed by atoms with Gasteiger partial charge in [0, 0.05) is 5.41 Å². The van der Waals surface area contributed by atoms with Crippen molar-refractivity contribution in [3.63, 3.8) is 0 Å². The van der Waals surface area contributed by atoms with E-state index in [1.165, 1.54) is 95.1 Å². The first-order valence-electron chi connectivity index (χ1n) is 15.6. The molecule has 0 aliphatic heterocycles. The number of benzene rings is 8. The van der Waals surface area contributed by atoms with Gasteiger partial charge in [-0.2, -0.15) is 0 Å². The molecule has 8 aromatic carbocycles. The summed E-state index contributed by atoms with van der Waals surface area (Å²) >= 11 is 0. The fourth-order valence-corrected chi connectivity index (χ4v) is 7.81. The first kappa shape index (κ1) is 26.2. The summed E-state index contributed by atoms with van der Waals surface area (Å²) in [5.41, 5.74) is 10.7. The van der Waals surface area contributed by atoms with E-state index in [1.54, 1.807) is 0 Å². The molecule has 0 spiro atoms. The van der Waals surface area contributed by atoms with E-state index in [2.05, 4.69) is 147 Å². The van der Waals surface area contributed by atoms with Crippen LogP contribution in [0.25, 0.3) is 76.5 Å². The lowest BCUT2D eigenvalue weighted by Crippen LogP contribution is -2.20. The summed E-state index contributed by atoms with van der Waals surface area (Å²) in [6, 6.07) is 51.2. The molecule has 0 saturated carbocycles. The van der Waals surface area contributed by atoms with Gasteiger partial charge in [-0.25, -0.2) is 0 Å². The van der Waals surface area contributed by atoms with Crippen molar-refractivity contribution in [1.29, 1.82) is 0 Å². The van der Waals surface area contributed by atoms with Crippen LogP contribution in [0.2, 0.25) is 0 Å². The van der Waals surface area contributed by atoms with Crippen LogP contribution >= 0.6 is 0 Å². The van der Waals surface area contributed by atoms with Crippen LogP contribution in [-0.4, -0.2) is 12.5 Å². The number of hydrogen-bond donors (Lipinski definition) is 1. The average Bonchev–Trinajstić information content (AvgIpc) is 3.30. The zero-order valence-corrected chi connectivity index (χ0v) is 25.3. The Bertz CT molecular complexity index is 2500. The van der Waals surface area contributed by atoms with Crippen LogP contribution in [0, 0.1) is 0 Å². The Labute approximate surface area is 263 Å². The van der Waals surface area contributed by atoms with Gasteiger partial charge in [-0.1, -0.05) is 135 Å². The molecule has 0 aromatic heterocycles. The molecule has 2 heteroatoms. The van der Waals surface area contributed by atoms with E-state index in [1.807, 2.05) is 6.07 Å². The van der Waals surface area contributed by atoms with Gasteiger partial charge in [0.15, 0.2) is 0 Å². The van der Waals surface area contributed by atoms with E-state index in [0.29, 0.717) is 0 Å². The quantitative estimate of drug-likeness (QED) is 0.165. The normalized spacial score (nSPS) is 13.4. The summed E-state index contributed by atoms with van der Waals surface area (Å²) in [5, 5.41) is 19.9. The van der Waals surface area contributed by atoms with Crippen molar-refractivity contribution in [2.45, 2.75) is 19.3 Å². The molecule has 8 aromatic rings. The maximum Gasteiger partial charge on any atom is 0.326 e. The molecule has 1 nitrogen and oxygen atoms in total. The molecule has 0 heterocycles. The molecule has 0 atom stereocenters.